The minimum Gasteiger partial charge on any atom is -0.391 e. The number of thiocarbonyl (C=S) groups is 1. The van der Waals surface area contributed by atoms with E-state index in [2.05, 4.69) is 5.32 Å². The van der Waals surface area contributed by atoms with Crippen molar-refractivity contribution in [2.45, 2.75) is 44.0 Å². The predicted molar refractivity (Wildman–Crippen MR) is 79.2 cm³/mol. The van der Waals surface area contributed by atoms with Crippen LogP contribution in [0.4, 0.5) is 18.9 Å². The van der Waals surface area contributed by atoms with Gasteiger partial charge < -0.3 is 16.2 Å². The van der Waals surface area contributed by atoms with E-state index >= 15 is 0 Å². The summed E-state index contributed by atoms with van der Waals surface area (Å²) in [5, 5.41) is 13.0. The Morgan fingerprint density at radius 1 is 1.29 bits per heavy atom. The van der Waals surface area contributed by atoms with Crippen molar-refractivity contribution in [3.63, 3.8) is 0 Å². The topological polar surface area (TPSA) is 58.3 Å². The van der Waals surface area contributed by atoms with Crippen LogP contribution in [0.3, 0.4) is 0 Å². The maximum Gasteiger partial charge on any atom is 0.416 e. The fourth-order valence-corrected chi connectivity index (χ4v) is 2.70. The Balaban J connectivity index is 2.28. The van der Waals surface area contributed by atoms with Crippen molar-refractivity contribution < 1.29 is 18.3 Å². The maximum atomic E-state index is 12.7. The van der Waals surface area contributed by atoms with Gasteiger partial charge in [0.25, 0.3) is 0 Å². The average Bonchev–Trinajstić information content (AvgIpc) is 2.40. The van der Waals surface area contributed by atoms with Crippen LogP contribution in [0.25, 0.3) is 0 Å². The van der Waals surface area contributed by atoms with Gasteiger partial charge in [-0.3, -0.25) is 0 Å². The highest BCUT2D eigenvalue weighted by Crippen LogP contribution is 2.32. The third-order valence-electron chi connectivity index (χ3n) is 3.68. The molecule has 0 bridgehead atoms. The number of aliphatic hydroxyl groups excluding tert-OH is 1. The molecule has 1 saturated carbocycles. The third-order valence-corrected chi connectivity index (χ3v) is 3.90. The molecule has 0 radical (unpaired) electrons. The first-order chi connectivity index (χ1) is 9.79. The van der Waals surface area contributed by atoms with Gasteiger partial charge in [0.15, 0.2) is 0 Å². The number of hydrogen-bond donors (Lipinski definition) is 3. The Morgan fingerprint density at radius 2 is 1.95 bits per heavy atom. The molecule has 4 N–H and O–H groups in total. The predicted octanol–water partition coefficient (Wildman–Crippen LogP) is 3.06. The summed E-state index contributed by atoms with van der Waals surface area (Å²) >= 11 is 4.84. The lowest BCUT2D eigenvalue weighted by Gasteiger charge is -2.30. The second-order valence-electron chi connectivity index (χ2n) is 5.23. The number of rotatable bonds is 3. The molecule has 1 fully saturated rings. The van der Waals surface area contributed by atoms with Crippen molar-refractivity contribution in [2.75, 3.05) is 5.32 Å². The molecule has 2 unspecified atom stereocenters. The van der Waals surface area contributed by atoms with Gasteiger partial charge in [0.05, 0.1) is 17.7 Å². The largest absolute Gasteiger partial charge is 0.416 e. The van der Waals surface area contributed by atoms with E-state index in [1.165, 1.54) is 6.07 Å². The molecule has 2 atom stereocenters. The number of anilines is 1. The Kier molecular flexibility index (Phi) is 4.73. The quantitative estimate of drug-likeness (QED) is 0.750. The number of benzene rings is 1. The Labute approximate surface area is 126 Å². The smallest absolute Gasteiger partial charge is 0.391 e. The molecule has 0 aliphatic heterocycles. The monoisotopic (exact) mass is 318 g/mol. The van der Waals surface area contributed by atoms with E-state index in [4.69, 9.17) is 18.0 Å². The second-order valence-corrected chi connectivity index (χ2v) is 5.66. The molecule has 1 aliphatic carbocycles. The number of alkyl halides is 3. The lowest BCUT2D eigenvalue weighted by atomic mass is 9.92. The van der Waals surface area contributed by atoms with Gasteiger partial charge in [0.1, 0.15) is 4.99 Å². The molecular weight excluding hydrogens is 301 g/mol. The zero-order valence-electron chi connectivity index (χ0n) is 11.3. The number of nitrogens with two attached hydrogens (primary N) is 1. The first kappa shape index (κ1) is 16.0. The minimum absolute atomic E-state index is 0.103. The van der Waals surface area contributed by atoms with Crippen molar-refractivity contribution in [1.29, 1.82) is 0 Å². The molecule has 7 heteroatoms. The van der Waals surface area contributed by atoms with Crippen molar-refractivity contribution >= 4 is 22.9 Å². The van der Waals surface area contributed by atoms with Crippen LogP contribution < -0.4 is 11.1 Å². The molecule has 1 aliphatic rings. The van der Waals surface area contributed by atoms with E-state index < -0.39 is 17.8 Å². The summed E-state index contributed by atoms with van der Waals surface area (Å²) in [6, 6.07) is 3.06. The van der Waals surface area contributed by atoms with Gasteiger partial charge in [-0.2, -0.15) is 13.2 Å². The zero-order valence-corrected chi connectivity index (χ0v) is 12.1. The number of aliphatic hydroxyl groups is 1. The van der Waals surface area contributed by atoms with Crippen LogP contribution in [0.1, 0.15) is 36.8 Å². The van der Waals surface area contributed by atoms with E-state index in [1.807, 2.05) is 0 Å². The molecule has 0 spiro atoms. The molecule has 3 nitrogen and oxygen atoms in total. The van der Waals surface area contributed by atoms with E-state index in [1.54, 1.807) is 0 Å². The third kappa shape index (κ3) is 3.85. The maximum absolute atomic E-state index is 12.7. The lowest BCUT2D eigenvalue weighted by molar-refractivity contribution is -0.137. The fraction of sp³-hybridized carbons (Fsp3) is 0.500. The first-order valence-corrected chi connectivity index (χ1v) is 7.15. The van der Waals surface area contributed by atoms with Crippen molar-refractivity contribution in [1.82, 2.24) is 0 Å². The Hall–Kier alpha value is -1.34. The van der Waals surface area contributed by atoms with Crippen molar-refractivity contribution in [3.05, 3.63) is 29.3 Å². The van der Waals surface area contributed by atoms with Crippen LogP contribution in [0.15, 0.2) is 18.2 Å². The molecule has 0 saturated heterocycles. The summed E-state index contributed by atoms with van der Waals surface area (Å²) in [4.78, 5) is -0.103. The van der Waals surface area contributed by atoms with E-state index in [9.17, 15) is 18.3 Å². The van der Waals surface area contributed by atoms with Crippen LogP contribution >= 0.6 is 12.2 Å². The van der Waals surface area contributed by atoms with Crippen molar-refractivity contribution in [3.8, 4) is 0 Å². The fourth-order valence-electron chi connectivity index (χ4n) is 2.53. The summed E-state index contributed by atoms with van der Waals surface area (Å²) in [5.74, 6) is 0. The summed E-state index contributed by atoms with van der Waals surface area (Å²) in [6.45, 7) is 0. The minimum atomic E-state index is -4.44. The van der Waals surface area contributed by atoms with Crippen LogP contribution in [0.5, 0.6) is 0 Å². The summed E-state index contributed by atoms with van der Waals surface area (Å²) in [7, 11) is 0. The number of hydrogen-bond acceptors (Lipinski definition) is 3. The van der Waals surface area contributed by atoms with Gasteiger partial charge in [0, 0.05) is 11.3 Å². The average molecular weight is 318 g/mol. The molecule has 116 valence electrons. The van der Waals surface area contributed by atoms with Gasteiger partial charge in [-0.25, -0.2) is 0 Å². The molecule has 1 aromatic rings. The Bertz CT molecular complexity index is 533. The standard InChI is InChI=1S/C14H17F3N2OS/c15-14(16,17)8-5-6-10(9(7-8)13(18)21)19-11-3-1-2-4-12(11)20/h5-7,11-12,19-20H,1-4H2,(H2,18,21). The molecule has 1 aromatic carbocycles. The normalized spacial score (nSPS) is 22.9. The highest BCUT2D eigenvalue weighted by molar-refractivity contribution is 7.80. The summed E-state index contributed by atoms with van der Waals surface area (Å²) in [6.07, 6.45) is -1.59. The molecule has 21 heavy (non-hydrogen) atoms. The van der Waals surface area contributed by atoms with E-state index in [0.29, 0.717) is 12.1 Å². The first-order valence-electron chi connectivity index (χ1n) is 6.74. The second kappa shape index (κ2) is 6.19. The van der Waals surface area contributed by atoms with Gasteiger partial charge >= 0.3 is 6.18 Å². The van der Waals surface area contributed by atoms with Gasteiger partial charge in [0.2, 0.25) is 0 Å². The molecule has 0 heterocycles. The molecule has 0 amide bonds. The van der Waals surface area contributed by atoms with Crippen LogP contribution in [0, 0.1) is 0 Å². The number of nitrogens with one attached hydrogen (secondary N) is 1. The molecule has 2 rings (SSSR count). The lowest BCUT2D eigenvalue weighted by Crippen LogP contribution is -2.37. The van der Waals surface area contributed by atoms with Crippen LogP contribution in [0.2, 0.25) is 0 Å². The zero-order chi connectivity index (χ0) is 15.6. The van der Waals surface area contributed by atoms with Gasteiger partial charge in [-0.05, 0) is 31.0 Å². The van der Waals surface area contributed by atoms with E-state index in [-0.39, 0.29) is 16.6 Å². The Morgan fingerprint density at radius 3 is 2.52 bits per heavy atom. The highest BCUT2D eigenvalue weighted by Gasteiger charge is 2.32. The van der Waals surface area contributed by atoms with Crippen molar-refractivity contribution in [2.24, 2.45) is 5.73 Å². The molecule has 0 aromatic heterocycles. The van der Waals surface area contributed by atoms with Gasteiger partial charge in [-0.1, -0.05) is 25.1 Å². The SMILES string of the molecule is NC(=S)c1cc(C(F)(F)F)ccc1NC1CCCCC1O. The van der Waals surface area contributed by atoms with Crippen LogP contribution in [-0.4, -0.2) is 22.2 Å². The van der Waals surface area contributed by atoms with Gasteiger partial charge in [-0.15, -0.1) is 0 Å². The summed E-state index contributed by atoms with van der Waals surface area (Å²) < 4.78 is 38.2. The number of halogens is 3. The highest BCUT2D eigenvalue weighted by atomic mass is 32.1. The van der Waals surface area contributed by atoms with Crippen LogP contribution in [-0.2, 0) is 6.18 Å². The summed E-state index contributed by atoms with van der Waals surface area (Å²) in [5.41, 5.74) is 5.32. The van der Waals surface area contributed by atoms with E-state index in [0.717, 1.165) is 31.4 Å². The molecular formula is C14H17F3N2OS.